The summed E-state index contributed by atoms with van der Waals surface area (Å²) in [7, 11) is 0. The first-order chi connectivity index (χ1) is 11.5. The molecule has 1 amide bonds. The zero-order valence-electron chi connectivity index (χ0n) is 12.8. The van der Waals surface area contributed by atoms with E-state index in [9.17, 15) is 14.0 Å². The van der Waals surface area contributed by atoms with Crippen LogP contribution in [-0.4, -0.2) is 38.0 Å². The summed E-state index contributed by atoms with van der Waals surface area (Å²) in [6.07, 6.45) is 0.684. The average molecular weight is 347 g/mol. The number of ketones is 1. The molecule has 0 spiro atoms. The maximum atomic E-state index is 12.8. The number of halogens is 1. The molecule has 0 aliphatic rings. The average Bonchev–Trinajstić information content (AvgIpc) is 3.13. The number of fused-ring (bicyclic) bond motifs is 1. The van der Waals surface area contributed by atoms with Gasteiger partial charge < -0.3 is 5.32 Å². The summed E-state index contributed by atoms with van der Waals surface area (Å²) >= 11 is 1.38. The molecule has 0 unspecified atom stereocenters. The van der Waals surface area contributed by atoms with Crippen molar-refractivity contribution in [3.8, 4) is 0 Å². The van der Waals surface area contributed by atoms with E-state index in [1.54, 1.807) is 11.4 Å². The predicted octanol–water partition coefficient (Wildman–Crippen LogP) is 1.57. The van der Waals surface area contributed by atoms with Crippen LogP contribution in [0.15, 0.2) is 24.3 Å². The molecule has 0 bridgehead atoms. The Morgan fingerprint density at radius 2 is 2.00 bits per heavy atom. The number of nitrogens with one attached hydrogen (secondary N) is 1. The highest BCUT2D eigenvalue weighted by Crippen LogP contribution is 2.15. The van der Waals surface area contributed by atoms with Gasteiger partial charge in [-0.2, -0.15) is 9.61 Å². The van der Waals surface area contributed by atoms with Crippen molar-refractivity contribution >= 4 is 28.0 Å². The first-order valence-corrected chi connectivity index (χ1v) is 8.08. The van der Waals surface area contributed by atoms with E-state index >= 15 is 0 Å². The van der Waals surface area contributed by atoms with Crippen molar-refractivity contribution in [1.82, 2.24) is 25.1 Å². The number of Topliss-reactive ketones (excluding diaryl/α,β-unsaturated/α-hetero) is 1. The Kier molecular flexibility index (Phi) is 4.61. The Morgan fingerprint density at radius 1 is 1.25 bits per heavy atom. The van der Waals surface area contributed by atoms with Crippen LogP contribution in [-0.2, 0) is 11.2 Å². The van der Waals surface area contributed by atoms with Gasteiger partial charge in [-0.05, 0) is 31.2 Å². The van der Waals surface area contributed by atoms with E-state index in [4.69, 9.17) is 0 Å². The lowest BCUT2D eigenvalue weighted by molar-refractivity contribution is -0.120. The monoisotopic (exact) mass is 347 g/mol. The number of hydrogen-bond acceptors (Lipinski definition) is 6. The van der Waals surface area contributed by atoms with Crippen LogP contribution < -0.4 is 5.32 Å². The van der Waals surface area contributed by atoms with Gasteiger partial charge in [-0.3, -0.25) is 9.59 Å². The molecule has 7 nitrogen and oxygen atoms in total. The van der Waals surface area contributed by atoms with Crippen molar-refractivity contribution in [2.75, 3.05) is 6.54 Å². The quantitative estimate of drug-likeness (QED) is 0.684. The van der Waals surface area contributed by atoms with E-state index in [0.717, 1.165) is 5.01 Å². The van der Waals surface area contributed by atoms with Crippen LogP contribution in [0.2, 0.25) is 0 Å². The predicted molar refractivity (Wildman–Crippen MR) is 85.5 cm³/mol. The zero-order valence-corrected chi connectivity index (χ0v) is 13.6. The SMILES string of the molecule is Cc1nnc2sc(CCC(=O)NCC(=O)c3ccc(F)cc3)nn12. The van der Waals surface area contributed by atoms with Gasteiger partial charge in [0.25, 0.3) is 0 Å². The van der Waals surface area contributed by atoms with Gasteiger partial charge in [0.2, 0.25) is 10.9 Å². The molecule has 24 heavy (non-hydrogen) atoms. The van der Waals surface area contributed by atoms with Gasteiger partial charge in [0.15, 0.2) is 11.6 Å². The molecule has 0 fully saturated rings. The lowest BCUT2D eigenvalue weighted by atomic mass is 10.1. The van der Waals surface area contributed by atoms with Crippen LogP contribution in [0.5, 0.6) is 0 Å². The van der Waals surface area contributed by atoms with Crippen LogP contribution >= 0.6 is 11.3 Å². The molecule has 1 aromatic carbocycles. The van der Waals surface area contributed by atoms with Gasteiger partial charge in [0.05, 0.1) is 6.54 Å². The van der Waals surface area contributed by atoms with Crippen LogP contribution in [0, 0.1) is 12.7 Å². The Bertz CT molecular complexity index is 887. The fraction of sp³-hybridized carbons (Fsp3) is 0.267. The summed E-state index contributed by atoms with van der Waals surface area (Å²) < 4.78 is 14.4. The molecule has 124 valence electrons. The van der Waals surface area contributed by atoms with E-state index in [1.165, 1.54) is 35.6 Å². The van der Waals surface area contributed by atoms with Crippen molar-refractivity contribution in [2.24, 2.45) is 0 Å². The van der Waals surface area contributed by atoms with Gasteiger partial charge in [0, 0.05) is 18.4 Å². The number of benzene rings is 1. The molecule has 0 atom stereocenters. The van der Waals surface area contributed by atoms with Crippen LogP contribution in [0.1, 0.15) is 27.6 Å². The van der Waals surface area contributed by atoms with Gasteiger partial charge in [-0.1, -0.05) is 11.3 Å². The number of carbonyl (C=O) groups is 2. The van der Waals surface area contributed by atoms with Crippen molar-refractivity contribution in [1.29, 1.82) is 0 Å². The van der Waals surface area contributed by atoms with E-state index < -0.39 is 5.82 Å². The minimum atomic E-state index is -0.407. The summed E-state index contributed by atoms with van der Waals surface area (Å²) in [4.78, 5) is 24.4. The van der Waals surface area contributed by atoms with Gasteiger partial charge in [-0.25, -0.2) is 4.39 Å². The number of amides is 1. The Hall–Kier alpha value is -2.68. The number of nitrogens with zero attached hydrogens (tertiary/aromatic N) is 4. The summed E-state index contributed by atoms with van der Waals surface area (Å²) in [5.41, 5.74) is 0.362. The van der Waals surface area contributed by atoms with Crippen molar-refractivity contribution in [3.63, 3.8) is 0 Å². The molecule has 3 aromatic rings. The second-order valence-corrected chi connectivity index (χ2v) is 6.18. The van der Waals surface area contributed by atoms with Crippen molar-refractivity contribution in [2.45, 2.75) is 19.8 Å². The van der Waals surface area contributed by atoms with Gasteiger partial charge in [0.1, 0.15) is 10.8 Å². The third kappa shape index (κ3) is 3.62. The molecule has 0 aliphatic heterocycles. The lowest BCUT2D eigenvalue weighted by Crippen LogP contribution is -2.29. The largest absolute Gasteiger partial charge is 0.349 e. The van der Waals surface area contributed by atoms with E-state index in [2.05, 4.69) is 20.6 Å². The van der Waals surface area contributed by atoms with Gasteiger partial charge >= 0.3 is 0 Å². The highest BCUT2D eigenvalue weighted by atomic mass is 32.1. The molecule has 2 heterocycles. The number of hydrogen-bond donors (Lipinski definition) is 1. The first kappa shape index (κ1) is 16.2. The summed E-state index contributed by atoms with van der Waals surface area (Å²) in [5.74, 6) is -0.219. The highest BCUT2D eigenvalue weighted by Gasteiger charge is 2.12. The maximum absolute atomic E-state index is 12.8. The summed E-state index contributed by atoms with van der Waals surface area (Å²) in [5, 5.41) is 15.5. The van der Waals surface area contributed by atoms with E-state index in [0.29, 0.717) is 22.8 Å². The normalized spacial score (nSPS) is 10.9. The Labute approximate surface area is 140 Å². The van der Waals surface area contributed by atoms with Crippen molar-refractivity contribution in [3.05, 3.63) is 46.5 Å². The standard InChI is InChI=1S/C15H14FN5O2S/c1-9-18-19-15-21(9)20-14(24-15)7-6-13(23)17-8-12(22)10-2-4-11(16)5-3-10/h2-5H,6-8H2,1H3,(H,17,23). The smallest absolute Gasteiger partial charge is 0.234 e. The Morgan fingerprint density at radius 3 is 2.71 bits per heavy atom. The third-order valence-electron chi connectivity index (χ3n) is 3.37. The first-order valence-electron chi connectivity index (χ1n) is 7.26. The number of rotatable bonds is 6. The Balaban J connectivity index is 1.48. The zero-order chi connectivity index (χ0) is 17.1. The third-order valence-corrected chi connectivity index (χ3v) is 4.33. The second-order valence-electron chi connectivity index (χ2n) is 5.14. The molecule has 0 radical (unpaired) electrons. The van der Waals surface area contributed by atoms with E-state index in [1.807, 2.05) is 0 Å². The molecule has 0 saturated carbocycles. The van der Waals surface area contributed by atoms with Crippen LogP contribution in [0.4, 0.5) is 4.39 Å². The fourth-order valence-corrected chi connectivity index (χ4v) is 2.96. The topological polar surface area (TPSA) is 89.2 Å². The molecule has 2 aromatic heterocycles. The minimum Gasteiger partial charge on any atom is -0.349 e. The number of aryl methyl sites for hydroxylation is 2. The molecule has 0 saturated heterocycles. The fourth-order valence-electron chi connectivity index (χ4n) is 2.08. The lowest BCUT2D eigenvalue weighted by Gasteiger charge is -2.04. The van der Waals surface area contributed by atoms with Gasteiger partial charge in [-0.15, -0.1) is 10.2 Å². The maximum Gasteiger partial charge on any atom is 0.234 e. The summed E-state index contributed by atoms with van der Waals surface area (Å²) in [6, 6.07) is 5.21. The number of carbonyl (C=O) groups excluding carboxylic acids is 2. The number of aromatic nitrogens is 4. The molecule has 9 heteroatoms. The molecule has 3 rings (SSSR count). The second kappa shape index (κ2) is 6.83. The van der Waals surface area contributed by atoms with E-state index in [-0.39, 0.29) is 24.7 Å². The summed E-state index contributed by atoms with van der Waals surface area (Å²) in [6.45, 7) is 1.69. The van der Waals surface area contributed by atoms with Crippen LogP contribution in [0.3, 0.4) is 0 Å². The molecular formula is C15H14FN5O2S. The van der Waals surface area contributed by atoms with Crippen molar-refractivity contribution < 1.29 is 14.0 Å². The minimum absolute atomic E-state index is 0.116. The highest BCUT2D eigenvalue weighted by molar-refractivity contribution is 7.16. The molecule has 0 aliphatic carbocycles. The molecule has 1 N–H and O–H groups in total. The van der Waals surface area contributed by atoms with Crippen LogP contribution in [0.25, 0.3) is 4.96 Å². The molecular weight excluding hydrogens is 333 g/mol.